The third-order valence-electron chi connectivity index (χ3n) is 4.76. The Bertz CT molecular complexity index is 1070. The second-order valence-corrected chi connectivity index (χ2v) is 8.43. The largest absolute Gasteiger partial charge is 0.497 e. The first-order valence-electron chi connectivity index (χ1n) is 9.40. The summed E-state index contributed by atoms with van der Waals surface area (Å²) < 4.78 is 10.6. The molecule has 0 radical (unpaired) electrons. The smallest absolute Gasteiger partial charge is 0.237 e. The standard InChI is InChI=1S/C23H26N2O3S/c1-13-9-15(3)22-18(10-13)14(2)11-21(25-22)29-16(4)23(26)24-19-12-17(27-5)7-8-20(19)28-6/h7-12,16H,1-6H3,(H,24,26). The zero-order chi connectivity index (χ0) is 21.1. The van der Waals surface area contributed by atoms with E-state index in [1.165, 1.54) is 17.3 Å². The molecule has 0 aliphatic heterocycles. The molecule has 3 rings (SSSR count). The zero-order valence-electron chi connectivity index (χ0n) is 17.6. The molecule has 1 aromatic heterocycles. The van der Waals surface area contributed by atoms with Crippen molar-refractivity contribution in [1.29, 1.82) is 0 Å². The topological polar surface area (TPSA) is 60.5 Å². The fourth-order valence-corrected chi connectivity index (χ4v) is 4.17. The molecule has 0 saturated carbocycles. The van der Waals surface area contributed by atoms with Gasteiger partial charge in [-0.15, -0.1) is 0 Å². The van der Waals surface area contributed by atoms with E-state index in [2.05, 4.69) is 38.2 Å². The summed E-state index contributed by atoms with van der Waals surface area (Å²) in [6.07, 6.45) is 0. The quantitative estimate of drug-likeness (QED) is 0.559. The van der Waals surface area contributed by atoms with Crippen LogP contribution in [0.3, 0.4) is 0 Å². The highest BCUT2D eigenvalue weighted by Gasteiger charge is 2.18. The lowest BCUT2D eigenvalue weighted by atomic mass is 10.0. The van der Waals surface area contributed by atoms with Crippen molar-refractivity contribution in [3.05, 3.63) is 53.1 Å². The van der Waals surface area contributed by atoms with Crippen molar-refractivity contribution in [2.75, 3.05) is 19.5 Å². The SMILES string of the molecule is COc1ccc(OC)c(NC(=O)C(C)Sc2cc(C)c3cc(C)cc(C)c3n2)c1. The summed E-state index contributed by atoms with van der Waals surface area (Å²) in [4.78, 5) is 17.6. The maximum atomic E-state index is 12.8. The molecule has 1 N–H and O–H groups in total. The van der Waals surface area contributed by atoms with E-state index in [0.29, 0.717) is 17.2 Å². The van der Waals surface area contributed by atoms with Crippen LogP contribution < -0.4 is 14.8 Å². The fraction of sp³-hybridized carbons (Fsp3) is 0.304. The zero-order valence-corrected chi connectivity index (χ0v) is 18.4. The van der Waals surface area contributed by atoms with Crippen LogP contribution in [-0.2, 0) is 4.79 Å². The number of aryl methyl sites for hydroxylation is 3. The maximum absolute atomic E-state index is 12.8. The molecule has 152 valence electrons. The number of benzene rings is 2. The number of carbonyl (C=O) groups is 1. The lowest BCUT2D eigenvalue weighted by Crippen LogP contribution is -2.22. The Morgan fingerprint density at radius 1 is 1.03 bits per heavy atom. The average Bonchev–Trinajstić information content (AvgIpc) is 2.68. The fourth-order valence-electron chi connectivity index (χ4n) is 3.26. The van der Waals surface area contributed by atoms with Crippen LogP contribution in [0.5, 0.6) is 11.5 Å². The predicted molar refractivity (Wildman–Crippen MR) is 119 cm³/mol. The number of methoxy groups -OCH3 is 2. The van der Waals surface area contributed by atoms with Crippen LogP contribution in [0.15, 0.2) is 41.4 Å². The first-order chi connectivity index (χ1) is 13.8. The Balaban J connectivity index is 1.81. The van der Waals surface area contributed by atoms with E-state index in [1.54, 1.807) is 32.4 Å². The minimum Gasteiger partial charge on any atom is -0.497 e. The van der Waals surface area contributed by atoms with Gasteiger partial charge in [-0.1, -0.05) is 23.4 Å². The van der Waals surface area contributed by atoms with Gasteiger partial charge in [-0.2, -0.15) is 0 Å². The Morgan fingerprint density at radius 3 is 2.48 bits per heavy atom. The monoisotopic (exact) mass is 410 g/mol. The van der Waals surface area contributed by atoms with E-state index in [1.807, 2.05) is 13.0 Å². The number of hydrogen-bond acceptors (Lipinski definition) is 5. The van der Waals surface area contributed by atoms with Crippen molar-refractivity contribution in [3.8, 4) is 11.5 Å². The van der Waals surface area contributed by atoms with Gasteiger partial charge in [0.1, 0.15) is 11.5 Å². The minimum absolute atomic E-state index is 0.123. The number of aromatic nitrogens is 1. The highest BCUT2D eigenvalue weighted by Crippen LogP contribution is 2.32. The maximum Gasteiger partial charge on any atom is 0.237 e. The number of pyridine rings is 1. The van der Waals surface area contributed by atoms with Crippen molar-refractivity contribution >= 4 is 34.3 Å². The van der Waals surface area contributed by atoms with E-state index in [-0.39, 0.29) is 11.2 Å². The predicted octanol–water partition coefficient (Wildman–Crippen LogP) is 5.30. The highest BCUT2D eigenvalue weighted by molar-refractivity contribution is 8.00. The number of rotatable bonds is 6. The highest BCUT2D eigenvalue weighted by atomic mass is 32.2. The summed E-state index contributed by atoms with van der Waals surface area (Å²) >= 11 is 1.44. The van der Waals surface area contributed by atoms with Gasteiger partial charge in [0.25, 0.3) is 0 Å². The van der Waals surface area contributed by atoms with E-state index < -0.39 is 0 Å². The number of thioether (sulfide) groups is 1. The average molecular weight is 411 g/mol. The molecule has 0 aliphatic carbocycles. The molecule has 2 aromatic carbocycles. The van der Waals surface area contributed by atoms with Gasteiger partial charge in [-0.3, -0.25) is 4.79 Å². The summed E-state index contributed by atoms with van der Waals surface area (Å²) in [6.45, 7) is 8.11. The molecular weight excluding hydrogens is 384 g/mol. The van der Waals surface area contributed by atoms with Crippen LogP contribution in [-0.4, -0.2) is 30.4 Å². The number of fused-ring (bicyclic) bond motifs is 1. The molecule has 6 heteroatoms. The van der Waals surface area contributed by atoms with Crippen LogP contribution in [0.2, 0.25) is 0 Å². The van der Waals surface area contributed by atoms with Gasteiger partial charge < -0.3 is 14.8 Å². The number of nitrogens with zero attached hydrogens (tertiary/aromatic N) is 1. The van der Waals surface area contributed by atoms with Gasteiger partial charge in [0.05, 0.1) is 35.7 Å². The van der Waals surface area contributed by atoms with Crippen LogP contribution >= 0.6 is 11.8 Å². The minimum atomic E-state index is -0.332. The van der Waals surface area contributed by atoms with E-state index in [4.69, 9.17) is 14.5 Å². The van der Waals surface area contributed by atoms with Crippen molar-refractivity contribution in [3.63, 3.8) is 0 Å². The second-order valence-electron chi connectivity index (χ2n) is 7.07. The van der Waals surface area contributed by atoms with Crippen LogP contribution in [0.1, 0.15) is 23.6 Å². The van der Waals surface area contributed by atoms with Crippen LogP contribution in [0, 0.1) is 20.8 Å². The molecule has 3 aromatic rings. The first kappa shape index (κ1) is 21.0. The summed E-state index contributed by atoms with van der Waals surface area (Å²) in [6, 6.07) is 11.6. The molecule has 0 fully saturated rings. The summed E-state index contributed by atoms with van der Waals surface area (Å²) in [5.74, 6) is 1.11. The first-order valence-corrected chi connectivity index (χ1v) is 10.3. The molecule has 0 spiro atoms. The molecule has 1 heterocycles. The van der Waals surface area contributed by atoms with Crippen molar-refractivity contribution < 1.29 is 14.3 Å². The molecule has 1 amide bonds. The van der Waals surface area contributed by atoms with Gasteiger partial charge in [0.2, 0.25) is 5.91 Å². The number of carbonyl (C=O) groups excluding carboxylic acids is 1. The van der Waals surface area contributed by atoms with E-state index in [0.717, 1.165) is 27.1 Å². The Kier molecular flexibility index (Phi) is 6.33. The number of hydrogen-bond donors (Lipinski definition) is 1. The molecule has 5 nitrogen and oxygen atoms in total. The molecule has 0 aliphatic rings. The van der Waals surface area contributed by atoms with Crippen LogP contribution in [0.4, 0.5) is 5.69 Å². The van der Waals surface area contributed by atoms with Crippen molar-refractivity contribution in [1.82, 2.24) is 4.98 Å². The third-order valence-corrected chi connectivity index (χ3v) is 5.78. The van der Waals surface area contributed by atoms with Gasteiger partial charge in [-0.25, -0.2) is 4.98 Å². The second kappa shape index (κ2) is 8.74. The molecule has 0 bridgehead atoms. The Morgan fingerprint density at radius 2 is 1.79 bits per heavy atom. The van der Waals surface area contributed by atoms with Gasteiger partial charge in [-0.05, 0) is 63.1 Å². The summed E-state index contributed by atoms with van der Waals surface area (Å²) in [5, 5.41) is 4.59. The summed E-state index contributed by atoms with van der Waals surface area (Å²) in [7, 11) is 3.16. The van der Waals surface area contributed by atoms with Gasteiger partial charge in [0.15, 0.2) is 0 Å². The van der Waals surface area contributed by atoms with Crippen LogP contribution in [0.25, 0.3) is 10.9 Å². The normalized spacial score (nSPS) is 11.9. The Hall–Kier alpha value is -2.73. The third kappa shape index (κ3) is 4.65. The van der Waals surface area contributed by atoms with Crippen molar-refractivity contribution in [2.45, 2.75) is 38.0 Å². The Labute approximate surface area is 175 Å². The lowest BCUT2D eigenvalue weighted by Gasteiger charge is -2.16. The molecule has 1 unspecified atom stereocenters. The molecule has 1 atom stereocenters. The number of anilines is 1. The molecule has 29 heavy (non-hydrogen) atoms. The van der Waals surface area contributed by atoms with Gasteiger partial charge in [0, 0.05) is 11.5 Å². The summed E-state index contributed by atoms with van der Waals surface area (Å²) in [5.41, 5.74) is 5.09. The number of ether oxygens (including phenoxy) is 2. The lowest BCUT2D eigenvalue weighted by molar-refractivity contribution is -0.115. The van der Waals surface area contributed by atoms with E-state index in [9.17, 15) is 4.79 Å². The number of amides is 1. The van der Waals surface area contributed by atoms with E-state index >= 15 is 0 Å². The molecular formula is C23H26N2O3S. The van der Waals surface area contributed by atoms with Crippen molar-refractivity contribution in [2.24, 2.45) is 0 Å². The molecule has 0 saturated heterocycles. The van der Waals surface area contributed by atoms with Gasteiger partial charge >= 0.3 is 0 Å². The number of nitrogens with one attached hydrogen (secondary N) is 1.